The number of amides is 1. The first-order chi connectivity index (χ1) is 15.5. The highest BCUT2D eigenvalue weighted by atomic mass is 35.5. The number of halogens is 1. The highest BCUT2D eigenvalue weighted by molar-refractivity contribution is 7.92. The van der Waals surface area contributed by atoms with E-state index >= 15 is 0 Å². The zero-order chi connectivity index (χ0) is 24.3. The summed E-state index contributed by atoms with van der Waals surface area (Å²) in [6.07, 6.45) is 2.59. The minimum absolute atomic E-state index is 0.307. The van der Waals surface area contributed by atoms with Crippen LogP contribution in [0.4, 0.5) is 5.69 Å². The zero-order valence-corrected chi connectivity index (χ0v) is 20.8. The minimum atomic E-state index is -3.70. The van der Waals surface area contributed by atoms with Crippen molar-refractivity contribution in [3.63, 3.8) is 0 Å². The van der Waals surface area contributed by atoms with Crippen LogP contribution in [-0.4, -0.2) is 37.9 Å². The second-order valence-electron chi connectivity index (χ2n) is 7.99. The molecule has 174 valence electrons. The zero-order valence-electron chi connectivity index (χ0n) is 19.3. The van der Waals surface area contributed by atoms with Gasteiger partial charge in [0, 0.05) is 27.7 Å². The molecule has 0 aliphatic carbocycles. The third kappa shape index (κ3) is 5.83. The van der Waals surface area contributed by atoms with E-state index in [9.17, 15) is 13.2 Å². The van der Waals surface area contributed by atoms with Gasteiger partial charge in [0.15, 0.2) is 0 Å². The number of hydrazone groups is 1. The lowest BCUT2D eigenvalue weighted by atomic mass is 10.1. The van der Waals surface area contributed by atoms with Gasteiger partial charge < -0.3 is 4.57 Å². The molecule has 0 spiro atoms. The molecule has 0 saturated carbocycles. The maximum Gasteiger partial charge on any atom is 0.260 e. The Morgan fingerprint density at radius 1 is 1.12 bits per heavy atom. The van der Waals surface area contributed by atoms with Gasteiger partial charge in [0.2, 0.25) is 10.0 Å². The summed E-state index contributed by atoms with van der Waals surface area (Å²) < 4.78 is 27.5. The summed E-state index contributed by atoms with van der Waals surface area (Å²) in [7, 11) is -3.70. The standard InChI is InChI=1S/C24H27ClN4O3S/c1-16-9-10-23(17(2)11-16)29-18(3)12-20(19(29)4)14-26-27-24(30)15-28(33(5,31)32)22-8-6-7-21(25)13-22/h6-14H,15H2,1-5H3,(H,27,30)/b26-14-. The van der Waals surface area contributed by atoms with Gasteiger partial charge in [0.05, 0.1) is 18.2 Å². The number of anilines is 1. The van der Waals surface area contributed by atoms with E-state index < -0.39 is 22.5 Å². The van der Waals surface area contributed by atoms with Crippen molar-refractivity contribution in [2.24, 2.45) is 5.10 Å². The summed E-state index contributed by atoms with van der Waals surface area (Å²) in [4.78, 5) is 12.4. The number of rotatable bonds is 7. The predicted molar refractivity (Wildman–Crippen MR) is 134 cm³/mol. The molecule has 1 heterocycles. The SMILES string of the molecule is Cc1ccc(-n2c(C)cc(/C=N\NC(=O)CN(c3cccc(Cl)c3)S(C)(=O)=O)c2C)c(C)c1. The van der Waals surface area contributed by atoms with E-state index in [2.05, 4.69) is 47.1 Å². The molecule has 0 fully saturated rings. The lowest BCUT2D eigenvalue weighted by Gasteiger charge is -2.21. The third-order valence-electron chi connectivity index (χ3n) is 5.24. The predicted octanol–water partition coefficient (Wildman–Crippen LogP) is 4.28. The number of carbonyl (C=O) groups excluding carboxylic acids is 1. The minimum Gasteiger partial charge on any atom is -0.318 e. The molecular weight excluding hydrogens is 460 g/mol. The Hall–Kier alpha value is -3.10. The first-order valence-corrected chi connectivity index (χ1v) is 12.5. The van der Waals surface area contributed by atoms with Crippen LogP contribution in [0.3, 0.4) is 0 Å². The van der Waals surface area contributed by atoms with Crippen molar-refractivity contribution >= 4 is 39.4 Å². The molecule has 1 N–H and O–H groups in total. The molecule has 3 rings (SSSR count). The Bertz CT molecular complexity index is 1330. The Morgan fingerprint density at radius 2 is 1.85 bits per heavy atom. The van der Waals surface area contributed by atoms with Crippen LogP contribution in [0.1, 0.15) is 28.1 Å². The molecule has 1 amide bonds. The van der Waals surface area contributed by atoms with Gasteiger partial charge in [-0.25, -0.2) is 13.8 Å². The van der Waals surface area contributed by atoms with Crippen molar-refractivity contribution in [2.75, 3.05) is 17.1 Å². The van der Waals surface area contributed by atoms with Gasteiger partial charge in [0.1, 0.15) is 6.54 Å². The van der Waals surface area contributed by atoms with Crippen molar-refractivity contribution < 1.29 is 13.2 Å². The largest absolute Gasteiger partial charge is 0.318 e. The van der Waals surface area contributed by atoms with E-state index in [1.54, 1.807) is 24.4 Å². The number of nitrogens with zero attached hydrogens (tertiary/aromatic N) is 3. The third-order valence-corrected chi connectivity index (χ3v) is 6.62. The number of hydrogen-bond donors (Lipinski definition) is 1. The van der Waals surface area contributed by atoms with Gasteiger partial charge in [-0.2, -0.15) is 5.10 Å². The fraction of sp³-hybridized carbons (Fsp3) is 0.250. The Kier molecular flexibility index (Phi) is 7.29. The van der Waals surface area contributed by atoms with Crippen LogP contribution in [0, 0.1) is 27.7 Å². The van der Waals surface area contributed by atoms with Crippen LogP contribution >= 0.6 is 11.6 Å². The number of nitrogens with one attached hydrogen (secondary N) is 1. The Balaban J connectivity index is 1.76. The summed E-state index contributed by atoms with van der Waals surface area (Å²) in [5, 5.41) is 4.42. The maximum absolute atomic E-state index is 12.4. The monoisotopic (exact) mass is 486 g/mol. The Labute approximate surface area is 199 Å². The Morgan fingerprint density at radius 3 is 2.48 bits per heavy atom. The normalized spacial score (nSPS) is 11.7. The van der Waals surface area contributed by atoms with Gasteiger partial charge >= 0.3 is 0 Å². The van der Waals surface area contributed by atoms with Gasteiger partial charge in [-0.05, 0) is 63.6 Å². The summed E-state index contributed by atoms with van der Waals surface area (Å²) in [5.74, 6) is -0.570. The van der Waals surface area contributed by atoms with E-state index in [0.717, 1.165) is 38.8 Å². The van der Waals surface area contributed by atoms with E-state index in [0.29, 0.717) is 10.7 Å². The van der Waals surface area contributed by atoms with Gasteiger partial charge in [-0.1, -0.05) is 35.4 Å². The molecular formula is C24H27ClN4O3S. The molecule has 0 saturated heterocycles. The number of aromatic nitrogens is 1. The topological polar surface area (TPSA) is 83.8 Å². The van der Waals surface area contributed by atoms with Crippen molar-refractivity contribution in [3.05, 3.63) is 81.6 Å². The molecule has 0 radical (unpaired) electrons. The molecule has 0 aliphatic rings. The van der Waals surface area contributed by atoms with Gasteiger partial charge in [-0.3, -0.25) is 9.10 Å². The molecule has 0 bridgehead atoms. The van der Waals surface area contributed by atoms with Crippen LogP contribution in [0.15, 0.2) is 53.6 Å². The second kappa shape index (κ2) is 9.80. The second-order valence-corrected chi connectivity index (χ2v) is 10.3. The molecule has 9 heteroatoms. The fourth-order valence-electron chi connectivity index (χ4n) is 3.72. The molecule has 1 aromatic heterocycles. The summed E-state index contributed by atoms with van der Waals surface area (Å²) >= 11 is 5.97. The molecule has 0 aliphatic heterocycles. The number of benzene rings is 2. The lowest BCUT2D eigenvalue weighted by molar-refractivity contribution is -0.119. The van der Waals surface area contributed by atoms with Crippen molar-refractivity contribution in [1.82, 2.24) is 9.99 Å². The smallest absolute Gasteiger partial charge is 0.260 e. The first kappa shape index (κ1) is 24.5. The average Bonchev–Trinajstić information content (AvgIpc) is 2.99. The maximum atomic E-state index is 12.4. The average molecular weight is 487 g/mol. The highest BCUT2D eigenvalue weighted by Gasteiger charge is 2.21. The number of sulfonamides is 1. The van der Waals surface area contributed by atoms with E-state index in [4.69, 9.17) is 11.6 Å². The summed E-state index contributed by atoms with van der Waals surface area (Å²) in [6, 6.07) is 14.6. The summed E-state index contributed by atoms with van der Waals surface area (Å²) in [6.45, 7) is 7.71. The number of carbonyl (C=O) groups is 1. The molecule has 33 heavy (non-hydrogen) atoms. The molecule has 2 aromatic carbocycles. The van der Waals surface area contributed by atoms with Crippen LogP contribution in [0.25, 0.3) is 5.69 Å². The number of hydrogen-bond acceptors (Lipinski definition) is 4. The van der Waals surface area contributed by atoms with Crippen LogP contribution in [0.5, 0.6) is 0 Å². The van der Waals surface area contributed by atoms with Crippen molar-refractivity contribution in [2.45, 2.75) is 27.7 Å². The molecule has 0 atom stereocenters. The van der Waals surface area contributed by atoms with Crippen molar-refractivity contribution in [3.8, 4) is 5.69 Å². The van der Waals surface area contributed by atoms with Crippen LogP contribution < -0.4 is 9.73 Å². The van der Waals surface area contributed by atoms with Gasteiger partial charge in [0.25, 0.3) is 5.91 Å². The van der Waals surface area contributed by atoms with E-state index in [1.807, 2.05) is 19.9 Å². The van der Waals surface area contributed by atoms with E-state index in [-0.39, 0.29) is 0 Å². The van der Waals surface area contributed by atoms with Crippen LogP contribution in [-0.2, 0) is 14.8 Å². The molecule has 0 unspecified atom stereocenters. The quantitative estimate of drug-likeness (QED) is 0.399. The highest BCUT2D eigenvalue weighted by Crippen LogP contribution is 2.24. The lowest BCUT2D eigenvalue weighted by Crippen LogP contribution is -2.39. The number of aryl methyl sites for hydroxylation is 3. The molecule has 7 nitrogen and oxygen atoms in total. The van der Waals surface area contributed by atoms with Crippen molar-refractivity contribution in [1.29, 1.82) is 0 Å². The van der Waals surface area contributed by atoms with Crippen LogP contribution in [0.2, 0.25) is 5.02 Å². The molecule has 3 aromatic rings. The van der Waals surface area contributed by atoms with Gasteiger partial charge in [-0.15, -0.1) is 0 Å². The first-order valence-electron chi connectivity index (χ1n) is 10.3. The summed E-state index contributed by atoms with van der Waals surface area (Å²) in [5.41, 5.74) is 9.04. The van der Waals surface area contributed by atoms with E-state index in [1.165, 1.54) is 11.6 Å². The fourth-order valence-corrected chi connectivity index (χ4v) is 4.75.